The van der Waals surface area contributed by atoms with Crippen LogP contribution in [0.25, 0.3) is 0 Å². The van der Waals surface area contributed by atoms with Crippen LogP contribution < -0.4 is 5.32 Å². The van der Waals surface area contributed by atoms with Gasteiger partial charge in [0.2, 0.25) is 5.91 Å². The highest BCUT2D eigenvalue weighted by molar-refractivity contribution is 5.77. The summed E-state index contributed by atoms with van der Waals surface area (Å²) in [5, 5.41) is 12.8. The standard InChI is InChI=1S/C15H28N2O2/c1-12(13-5-4-7-16-10-13)9-15(19)17-8-3-2-6-14(17)11-18/h12-14,16,18H,2-11H2,1H3. The van der Waals surface area contributed by atoms with Crippen molar-refractivity contribution in [1.29, 1.82) is 0 Å². The molecule has 3 unspecified atom stereocenters. The average molecular weight is 268 g/mol. The Morgan fingerprint density at radius 2 is 2.21 bits per heavy atom. The monoisotopic (exact) mass is 268 g/mol. The van der Waals surface area contributed by atoms with Gasteiger partial charge in [-0.25, -0.2) is 0 Å². The summed E-state index contributed by atoms with van der Waals surface area (Å²) in [6.45, 7) is 5.33. The molecular formula is C15H28N2O2. The van der Waals surface area contributed by atoms with Crippen molar-refractivity contribution in [3.8, 4) is 0 Å². The van der Waals surface area contributed by atoms with E-state index in [4.69, 9.17) is 0 Å². The summed E-state index contributed by atoms with van der Waals surface area (Å²) < 4.78 is 0. The van der Waals surface area contributed by atoms with E-state index in [-0.39, 0.29) is 18.6 Å². The molecular weight excluding hydrogens is 240 g/mol. The van der Waals surface area contributed by atoms with E-state index in [1.54, 1.807) is 0 Å². The van der Waals surface area contributed by atoms with Gasteiger partial charge in [-0.05, 0) is 57.0 Å². The van der Waals surface area contributed by atoms with Crippen LogP contribution in [0.15, 0.2) is 0 Å². The zero-order valence-electron chi connectivity index (χ0n) is 12.1. The number of likely N-dealkylation sites (tertiary alicyclic amines) is 1. The van der Waals surface area contributed by atoms with Gasteiger partial charge in [-0.2, -0.15) is 0 Å². The second-order valence-corrected chi connectivity index (χ2v) is 6.21. The molecule has 4 heteroatoms. The van der Waals surface area contributed by atoms with Crippen LogP contribution >= 0.6 is 0 Å². The summed E-state index contributed by atoms with van der Waals surface area (Å²) in [7, 11) is 0. The van der Waals surface area contributed by atoms with Crippen LogP contribution in [0.1, 0.15) is 45.4 Å². The highest BCUT2D eigenvalue weighted by Gasteiger charge is 2.29. The molecule has 2 aliphatic rings. The molecule has 2 rings (SSSR count). The van der Waals surface area contributed by atoms with Gasteiger partial charge in [-0.15, -0.1) is 0 Å². The molecule has 0 aromatic rings. The molecule has 2 aliphatic heterocycles. The third kappa shape index (κ3) is 3.93. The van der Waals surface area contributed by atoms with Crippen molar-refractivity contribution in [1.82, 2.24) is 10.2 Å². The molecule has 2 fully saturated rings. The molecule has 4 nitrogen and oxygen atoms in total. The largest absolute Gasteiger partial charge is 0.394 e. The van der Waals surface area contributed by atoms with Gasteiger partial charge in [0, 0.05) is 13.0 Å². The number of nitrogens with zero attached hydrogens (tertiary/aromatic N) is 1. The minimum atomic E-state index is 0.0675. The lowest BCUT2D eigenvalue weighted by molar-refractivity contribution is -0.137. The molecule has 2 saturated heterocycles. The summed E-state index contributed by atoms with van der Waals surface area (Å²) >= 11 is 0. The van der Waals surface area contributed by atoms with Crippen molar-refractivity contribution in [3.63, 3.8) is 0 Å². The smallest absolute Gasteiger partial charge is 0.223 e. The number of aliphatic hydroxyl groups is 1. The molecule has 19 heavy (non-hydrogen) atoms. The first-order valence-corrected chi connectivity index (χ1v) is 7.83. The first-order chi connectivity index (χ1) is 9.22. The van der Waals surface area contributed by atoms with E-state index in [0.29, 0.717) is 18.3 Å². The Bertz CT molecular complexity index is 290. The number of piperidine rings is 2. The summed E-state index contributed by atoms with van der Waals surface area (Å²) in [5.41, 5.74) is 0. The van der Waals surface area contributed by atoms with Gasteiger partial charge in [-0.3, -0.25) is 4.79 Å². The van der Waals surface area contributed by atoms with E-state index in [1.165, 1.54) is 12.8 Å². The molecule has 3 atom stereocenters. The zero-order chi connectivity index (χ0) is 13.7. The van der Waals surface area contributed by atoms with Gasteiger partial charge in [0.25, 0.3) is 0 Å². The highest BCUT2D eigenvalue weighted by atomic mass is 16.3. The minimum absolute atomic E-state index is 0.0675. The normalized spacial score (nSPS) is 30.1. The van der Waals surface area contributed by atoms with E-state index < -0.39 is 0 Å². The summed E-state index contributed by atoms with van der Waals surface area (Å²) in [5.74, 6) is 1.33. The molecule has 0 aromatic carbocycles. The number of carbonyl (C=O) groups excluding carboxylic acids is 1. The van der Waals surface area contributed by atoms with Gasteiger partial charge < -0.3 is 15.3 Å². The molecule has 0 saturated carbocycles. The number of aliphatic hydroxyl groups excluding tert-OH is 1. The Morgan fingerprint density at radius 1 is 1.37 bits per heavy atom. The summed E-state index contributed by atoms with van der Waals surface area (Å²) in [6, 6.07) is 0.0675. The van der Waals surface area contributed by atoms with Gasteiger partial charge in [0.05, 0.1) is 12.6 Å². The molecule has 2 heterocycles. The molecule has 110 valence electrons. The Hall–Kier alpha value is -0.610. The van der Waals surface area contributed by atoms with Gasteiger partial charge >= 0.3 is 0 Å². The third-order valence-corrected chi connectivity index (χ3v) is 4.79. The van der Waals surface area contributed by atoms with Crippen LogP contribution in [0.4, 0.5) is 0 Å². The van der Waals surface area contributed by atoms with Gasteiger partial charge in [-0.1, -0.05) is 6.92 Å². The maximum Gasteiger partial charge on any atom is 0.223 e. The molecule has 0 bridgehead atoms. The predicted octanol–water partition coefficient (Wildman–Crippen LogP) is 1.39. The van der Waals surface area contributed by atoms with E-state index in [2.05, 4.69) is 12.2 Å². The van der Waals surface area contributed by atoms with E-state index in [1.807, 2.05) is 4.90 Å². The Morgan fingerprint density at radius 3 is 2.89 bits per heavy atom. The molecule has 0 aliphatic carbocycles. The van der Waals surface area contributed by atoms with E-state index in [0.717, 1.165) is 38.9 Å². The molecule has 0 spiro atoms. The fraction of sp³-hybridized carbons (Fsp3) is 0.933. The number of amides is 1. The van der Waals surface area contributed by atoms with Crippen molar-refractivity contribution in [2.24, 2.45) is 11.8 Å². The maximum atomic E-state index is 12.4. The van der Waals surface area contributed by atoms with Crippen molar-refractivity contribution in [3.05, 3.63) is 0 Å². The second kappa shape index (κ2) is 7.25. The topological polar surface area (TPSA) is 52.6 Å². The maximum absolute atomic E-state index is 12.4. The lowest BCUT2D eigenvalue weighted by Gasteiger charge is -2.36. The SMILES string of the molecule is CC(CC(=O)N1CCCCC1CO)C1CCCNC1. The van der Waals surface area contributed by atoms with E-state index >= 15 is 0 Å². The second-order valence-electron chi connectivity index (χ2n) is 6.21. The van der Waals surface area contributed by atoms with Crippen LogP contribution in [0.3, 0.4) is 0 Å². The van der Waals surface area contributed by atoms with Gasteiger partial charge in [0.1, 0.15) is 0 Å². The Kier molecular flexibility index (Phi) is 5.64. The van der Waals surface area contributed by atoms with Crippen LogP contribution in [0.5, 0.6) is 0 Å². The van der Waals surface area contributed by atoms with Crippen LogP contribution in [0.2, 0.25) is 0 Å². The van der Waals surface area contributed by atoms with Crippen molar-refractivity contribution < 1.29 is 9.90 Å². The van der Waals surface area contributed by atoms with E-state index in [9.17, 15) is 9.90 Å². The van der Waals surface area contributed by atoms with Gasteiger partial charge in [0.15, 0.2) is 0 Å². The molecule has 2 N–H and O–H groups in total. The first kappa shape index (κ1) is 14.8. The zero-order valence-corrected chi connectivity index (χ0v) is 12.1. The van der Waals surface area contributed by atoms with Crippen LogP contribution in [-0.4, -0.2) is 48.2 Å². The van der Waals surface area contributed by atoms with Crippen LogP contribution in [-0.2, 0) is 4.79 Å². The first-order valence-electron chi connectivity index (χ1n) is 7.83. The fourth-order valence-electron chi connectivity index (χ4n) is 3.44. The number of nitrogens with one attached hydrogen (secondary N) is 1. The third-order valence-electron chi connectivity index (χ3n) is 4.79. The molecule has 0 aromatic heterocycles. The molecule has 1 amide bonds. The van der Waals surface area contributed by atoms with Crippen LogP contribution in [0, 0.1) is 11.8 Å². The lowest BCUT2D eigenvalue weighted by Crippen LogP contribution is -2.46. The van der Waals surface area contributed by atoms with Crippen molar-refractivity contribution in [2.75, 3.05) is 26.2 Å². The van der Waals surface area contributed by atoms with Crippen molar-refractivity contribution >= 4 is 5.91 Å². The van der Waals surface area contributed by atoms with Crippen molar-refractivity contribution in [2.45, 2.75) is 51.5 Å². The minimum Gasteiger partial charge on any atom is -0.394 e. The predicted molar refractivity (Wildman–Crippen MR) is 75.8 cm³/mol. The average Bonchev–Trinajstić information content (AvgIpc) is 2.48. The highest BCUT2D eigenvalue weighted by Crippen LogP contribution is 2.25. The Labute approximate surface area is 116 Å². The quantitative estimate of drug-likeness (QED) is 0.810. The summed E-state index contributed by atoms with van der Waals surface area (Å²) in [4.78, 5) is 14.3. The number of rotatable bonds is 4. The number of carbonyl (C=O) groups is 1. The number of hydrogen-bond donors (Lipinski definition) is 2. The number of hydrogen-bond acceptors (Lipinski definition) is 3. The molecule has 0 radical (unpaired) electrons. The lowest BCUT2D eigenvalue weighted by atomic mass is 9.85. The Balaban J connectivity index is 1.84. The fourth-order valence-corrected chi connectivity index (χ4v) is 3.44. The summed E-state index contributed by atoms with van der Waals surface area (Å²) in [6.07, 6.45) is 6.29.